The Kier molecular flexibility index (Phi) is 2.37. The third-order valence-corrected chi connectivity index (χ3v) is 4.16. The second kappa shape index (κ2) is 3.86. The number of anilines is 1. The predicted octanol–water partition coefficient (Wildman–Crippen LogP) is 4.26. The van der Waals surface area contributed by atoms with Gasteiger partial charge in [-0.05, 0) is 35.7 Å². The van der Waals surface area contributed by atoms with E-state index in [2.05, 4.69) is 35.0 Å². The molecule has 2 heteroatoms. The van der Waals surface area contributed by atoms with Crippen LogP contribution in [0.2, 0.25) is 0 Å². The van der Waals surface area contributed by atoms with Crippen LogP contribution in [0, 0.1) is 0 Å². The lowest BCUT2D eigenvalue weighted by atomic mass is 10.2. The normalized spacial score (nSPS) is 17.3. The largest absolute Gasteiger partial charge is 0.381 e. The van der Waals surface area contributed by atoms with E-state index in [1.54, 1.807) is 0 Å². The third-order valence-electron chi connectivity index (χ3n) is 3.19. The summed E-state index contributed by atoms with van der Waals surface area (Å²) in [7, 11) is 0. The van der Waals surface area contributed by atoms with Crippen molar-refractivity contribution in [2.75, 3.05) is 5.32 Å². The first-order valence-corrected chi connectivity index (χ1v) is 6.54. The van der Waals surface area contributed by atoms with Crippen molar-refractivity contribution in [2.24, 2.45) is 0 Å². The summed E-state index contributed by atoms with van der Waals surface area (Å²) in [4.78, 5) is 0. The lowest BCUT2D eigenvalue weighted by molar-refractivity contribution is 0.757. The van der Waals surface area contributed by atoms with E-state index in [0.29, 0.717) is 6.04 Å². The lowest BCUT2D eigenvalue weighted by Crippen LogP contribution is -2.14. The number of benzene rings is 1. The van der Waals surface area contributed by atoms with Crippen molar-refractivity contribution < 1.29 is 0 Å². The number of rotatable bonds is 2. The Hall–Kier alpha value is -1.02. The maximum absolute atomic E-state index is 3.68. The molecule has 3 rings (SSSR count). The molecule has 1 heterocycles. The minimum atomic E-state index is 0.706. The number of hydrogen-bond acceptors (Lipinski definition) is 2. The Morgan fingerprint density at radius 2 is 2.00 bits per heavy atom. The monoisotopic (exact) mass is 217 g/mol. The van der Waals surface area contributed by atoms with E-state index in [-0.39, 0.29) is 0 Å². The van der Waals surface area contributed by atoms with Gasteiger partial charge >= 0.3 is 0 Å². The van der Waals surface area contributed by atoms with Crippen molar-refractivity contribution >= 4 is 27.1 Å². The summed E-state index contributed by atoms with van der Waals surface area (Å²) < 4.78 is 1.41. The molecule has 2 aromatic rings. The molecule has 78 valence electrons. The van der Waals surface area contributed by atoms with Gasteiger partial charge in [0.05, 0.1) is 10.4 Å². The SMILES string of the molecule is c1cc(NC2CCCC2)c2sccc2c1. The molecular formula is C13H15NS. The summed E-state index contributed by atoms with van der Waals surface area (Å²) in [6, 6.07) is 9.44. The van der Waals surface area contributed by atoms with Gasteiger partial charge in [0.25, 0.3) is 0 Å². The molecule has 0 unspecified atom stereocenters. The highest BCUT2D eigenvalue weighted by Crippen LogP contribution is 2.31. The maximum atomic E-state index is 3.68. The topological polar surface area (TPSA) is 12.0 Å². The molecule has 1 aromatic carbocycles. The van der Waals surface area contributed by atoms with E-state index >= 15 is 0 Å². The Morgan fingerprint density at radius 1 is 1.13 bits per heavy atom. The van der Waals surface area contributed by atoms with E-state index in [4.69, 9.17) is 0 Å². The second-order valence-corrected chi connectivity index (χ2v) is 5.19. The zero-order chi connectivity index (χ0) is 10.1. The molecule has 0 amide bonds. The van der Waals surface area contributed by atoms with Gasteiger partial charge in [0.15, 0.2) is 0 Å². The summed E-state index contributed by atoms with van der Waals surface area (Å²) >= 11 is 1.83. The molecule has 1 N–H and O–H groups in total. The first kappa shape index (κ1) is 9.22. The number of hydrogen-bond donors (Lipinski definition) is 1. The van der Waals surface area contributed by atoms with Crippen LogP contribution in [0.3, 0.4) is 0 Å². The Labute approximate surface area is 94.1 Å². The first-order valence-electron chi connectivity index (χ1n) is 5.66. The molecule has 15 heavy (non-hydrogen) atoms. The quantitative estimate of drug-likeness (QED) is 0.792. The van der Waals surface area contributed by atoms with Crippen molar-refractivity contribution in [3.8, 4) is 0 Å². The van der Waals surface area contributed by atoms with Gasteiger partial charge in [0.2, 0.25) is 0 Å². The van der Waals surface area contributed by atoms with Crippen molar-refractivity contribution in [3.63, 3.8) is 0 Å². The van der Waals surface area contributed by atoms with E-state index < -0.39 is 0 Å². The van der Waals surface area contributed by atoms with Gasteiger partial charge in [-0.2, -0.15) is 0 Å². The molecule has 1 fully saturated rings. The highest BCUT2D eigenvalue weighted by Gasteiger charge is 2.15. The van der Waals surface area contributed by atoms with E-state index in [1.165, 1.54) is 41.5 Å². The van der Waals surface area contributed by atoms with E-state index in [0.717, 1.165) is 0 Å². The fourth-order valence-corrected chi connectivity index (χ4v) is 3.27. The van der Waals surface area contributed by atoms with Crippen LogP contribution in [0.15, 0.2) is 29.6 Å². The third kappa shape index (κ3) is 1.74. The summed E-state index contributed by atoms with van der Waals surface area (Å²) in [5.74, 6) is 0. The Morgan fingerprint density at radius 3 is 2.87 bits per heavy atom. The van der Waals surface area contributed by atoms with Crippen LogP contribution in [0.5, 0.6) is 0 Å². The fraction of sp³-hybridized carbons (Fsp3) is 0.385. The molecule has 0 radical (unpaired) electrons. The van der Waals surface area contributed by atoms with Crippen LogP contribution in [0.4, 0.5) is 5.69 Å². The van der Waals surface area contributed by atoms with E-state index in [9.17, 15) is 0 Å². The molecule has 1 aliphatic rings. The second-order valence-electron chi connectivity index (χ2n) is 4.27. The molecule has 0 saturated heterocycles. The van der Waals surface area contributed by atoms with Crippen LogP contribution in [-0.4, -0.2) is 6.04 Å². The smallest absolute Gasteiger partial charge is 0.0574 e. The molecule has 1 aliphatic carbocycles. The molecule has 0 aliphatic heterocycles. The zero-order valence-corrected chi connectivity index (χ0v) is 9.52. The first-order chi connectivity index (χ1) is 7.43. The number of thiophene rings is 1. The predicted molar refractivity (Wildman–Crippen MR) is 67.7 cm³/mol. The van der Waals surface area contributed by atoms with Gasteiger partial charge in [-0.3, -0.25) is 0 Å². The van der Waals surface area contributed by atoms with Gasteiger partial charge < -0.3 is 5.32 Å². The average Bonchev–Trinajstić information content (AvgIpc) is 2.87. The standard InChI is InChI=1S/C13H15NS/c1-2-6-11(5-1)14-12-7-3-4-10-8-9-15-13(10)12/h3-4,7-9,11,14H,1-2,5-6H2. The molecule has 1 saturated carbocycles. The van der Waals surface area contributed by atoms with Crippen LogP contribution in [0.25, 0.3) is 10.1 Å². The Balaban J connectivity index is 1.92. The minimum Gasteiger partial charge on any atom is -0.381 e. The lowest BCUT2D eigenvalue weighted by Gasteiger charge is -2.13. The molecule has 0 atom stereocenters. The van der Waals surface area contributed by atoms with Crippen LogP contribution >= 0.6 is 11.3 Å². The molecule has 0 spiro atoms. The molecule has 1 aromatic heterocycles. The van der Waals surface area contributed by atoms with Crippen molar-refractivity contribution in [1.82, 2.24) is 0 Å². The van der Waals surface area contributed by atoms with Crippen LogP contribution in [-0.2, 0) is 0 Å². The summed E-state index contributed by atoms with van der Waals surface area (Å²) in [6.45, 7) is 0. The van der Waals surface area contributed by atoms with Gasteiger partial charge in [-0.25, -0.2) is 0 Å². The van der Waals surface area contributed by atoms with Crippen molar-refractivity contribution in [1.29, 1.82) is 0 Å². The summed E-state index contributed by atoms with van der Waals surface area (Å²) in [5.41, 5.74) is 1.33. The molecule has 1 nitrogen and oxygen atoms in total. The highest BCUT2D eigenvalue weighted by atomic mass is 32.1. The molecular weight excluding hydrogens is 202 g/mol. The van der Waals surface area contributed by atoms with Crippen molar-refractivity contribution in [3.05, 3.63) is 29.6 Å². The van der Waals surface area contributed by atoms with Gasteiger partial charge in [-0.15, -0.1) is 11.3 Å². The maximum Gasteiger partial charge on any atom is 0.0574 e. The highest BCUT2D eigenvalue weighted by molar-refractivity contribution is 7.17. The van der Waals surface area contributed by atoms with Crippen LogP contribution < -0.4 is 5.32 Å². The van der Waals surface area contributed by atoms with E-state index in [1.807, 2.05) is 11.3 Å². The van der Waals surface area contributed by atoms with Gasteiger partial charge in [-0.1, -0.05) is 25.0 Å². The van der Waals surface area contributed by atoms with Crippen molar-refractivity contribution in [2.45, 2.75) is 31.7 Å². The van der Waals surface area contributed by atoms with Gasteiger partial charge in [0, 0.05) is 6.04 Å². The Bertz CT molecular complexity index is 454. The average molecular weight is 217 g/mol. The minimum absolute atomic E-state index is 0.706. The zero-order valence-electron chi connectivity index (χ0n) is 8.70. The number of nitrogens with one attached hydrogen (secondary N) is 1. The summed E-state index contributed by atoms with van der Waals surface area (Å²) in [6.07, 6.45) is 5.44. The summed E-state index contributed by atoms with van der Waals surface area (Å²) in [5, 5.41) is 7.22. The fourth-order valence-electron chi connectivity index (χ4n) is 2.40. The van der Waals surface area contributed by atoms with Gasteiger partial charge in [0.1, 0.15) is 0 Å². The molecule has 0 bridgehead atoms. The number of fused-ring (bicyclic) bond motifs is 1. The van der Waals surface area contributed by atoms with Crippen LogP contribution in [0.1, 0.15) is 25.7 Å².